The van der Waals surface area contributed by atoms with Gasteiger partial charge >= 0.3 is 0 Å². The van der Waals surface area contributed by atoms with Crippen LogP contribution < -0.4 is 0 Å². The molecule has 0 aliphatic carbocycles. The van der Waals surface area contributed by atoms with Gasteiger partial charge in [0.15, 0.2) is 11.6 Å². The van der Waals surface area contributed by atoms with Crippen LogP contribution in [0.25, 0.3) is 0 Å². The highest BCUT2D eigenvalue weighted by Gasteiger charge is 2.22. The van der Waals surface area contributed by atoms with E-state index >= 15 is 0 Å². The minimum absolute atomic E-state index is 0.158. The minimum atomic E-state index is -1.05. The van der Waals surface area contributed by atoms with Crippen molar-refractivity contribution in [3.63, 3.8) is 0 Å². The number of rotatable bonds is 2. The SMILES string of the molecule is CC(C)(CO)c1cc(F)c(F)c(Cl)c1. The van der Waals surface area contributed by atoms with E-state index in [1.807, 2.05) is 0 Å². The van der Waals surface area contributed by atoms with Crippen molar-refractivity contribution >= 4 is 11.6 Å². The first-order chi connectivity index (χ1) is 6.38. The van der Waals surface area contributed by atoms with Crippen LogP contribution in [0.4, 0.5) is 8.78 Å². The van der Waals surface area contributed by atoms with Gasteiger partial charge in [-0.3, -0.25) is 0 Å². The van der Waals surface area contributed by atoms with E-state index in [0.29, 0.717) is 5.56 Å². The van der Waals surface area contributed by atoms with Gasteiger partial charge in [-0.05, 0) is 17.7 Å². The second-order valence-electron chi connectivity index (χ2n) is 3.80. The lowest BCUT2D eigenvalue weighted by Gasteiger charge is -2.22. The molecule has 1 N–H and O–H groups in total. The van der Waals surface area contributed by atoms with Gasteiger partial charge in [-0.25, -0.2) is 8.78 Å². The molecule has 0 aromatic heterocycles. The maximum absolute atomic E-state index is 13.0. The predicted molar refractivity (Wildman–Crippen MR) is 51.5 cm³/mol. The van der Waals surface area contributed by atoms with Crippen LogP contribution in [0.1, 0.15) is 19.4 Å². The van der Waals surface area contributed by atoms with Crippen molar-refractivity contribution in [2.75, 3.05) is 6.61 Å². The molecule has 0 bridgehead atoms. The number of aliphatic hydroxyl groups excluding tert-OH is 1. The highest BCUT2D eigenvalue weighted by atomic mass is 35.5. The third kappa shape index (κ3) is 2.04. The predicted octanol–water partition coefficient (Wildman–Crippen LogP) is 2.89. The average Bonchev–Trinajstić information content (AvgIpc) is 2.13. The molecule has 4 heteroatoms. The zero-order valence-corrected chi connectivity index (χ0v) is 8.70. The van der Waals surface area contributed by atoms with Gasteiger partial charge in [-0.1, -0.05) is 25.4 Å². The molecule has 0 atom stereocenters. The molecule has 0 saturated heterocycles. The normalized spacial score (nSPS) is 11.9. The Morgan fingerprint density at radius 3 is 2.36 bits per heavy atom. The molecule has 1 aromatic rings. The smallest absolute Gasteiger partial charge is 0.177 e. The second-order valence-corrected chi connectivity index (χ2v) is 4.20. The second kappa shape index (κ2) is 3.83. The van der Waals surface area contributed by atoms with Crippen molar-refractivity contribution in [2.45, 2.75) is 19.3 Å². The van der Waals surface area contributed by atoms with Crippen molar-refractivity contribution in [3.8, 4) is 0 Å². The lowest BCUT2D eigenvalue weighted by Crippen LogP contribution is -2.22. The average molecular weight is 221 g/mol. The van der Waals surface area contributed by atoms with Crippen LogP contribution in [0.3, 0.4) is 0 Å². The first kappa shape index (κ1) is 11.4. The van der Waals surface area contributed by atoms with Crippen LogP contribution in [0.2, 0.25) is 5.02 Å². The quantitative estimate of drug-likeness (QED) is 0.760. The molecule has 0 aliphatic heterocycles. The van der Waals surface area contributed by atoms with E-state index in [0.717, 1.165) is 6.07 Å². The molecule has 0 spiro atoms. The van der Waals surface area contributed by atoms with Crippen LogP contribution >= 0.6 is 11.6 Å². The molecule has 0 unspecified atom stereocenters. The van der Waals surface area contributed by atoms with Crippen molar-refractivity contribution in [1.82, 2.24) is 0 Å². The Balaban J connectivity index is 3.26. The summed E-state index contributed by atoms with van der Waals surface area (Å²) in [4.78, 5) is 0. The van der Waals surface area contributed by atoms with Crippen LogP contribution in [0.5, 0.6) is 0 Å². The third-order valence-corrected chi connectivity index (χ3v) is 2.44. The molecule has 78 valence electrons. The number of hydrogen-bond acceptors (Lipinski definition) is 1. The third-order valence-electron chi connectivity index (χ3n) is 2.16. The number of benzene rings is 1. The van der Waals surface area contributed by atoms with E-state index in [4.69, 9.17) is 16.7 Å². The summed E-state index contributed by atoms with van der Waals surface area (Å²) in [6.45, 7) is 3.28. The summed E-state index contributed by atoms with van der Waals surface area (Å²) in [6, 6.07) is 2.38. The van der Waals surface area contributed by atoms with E-state index < -0.39 is 17.0 Å². The van der Waals surface area contributed by atoms with Gasteiger partial charge in [-0.2, -0.15) is 0 Å². The first-order valence-electron chi connectivity index (χ1n) is 4.14. The maximum atomic E-state index is 13.0. The molecule has 0 aliphatic rings. The largest absolute Gasteiger partial charge is 0.395 e. The monoisotopic (exact) mass is 220 g/mol. The van der Waals surface area contributed by atoms with Crippen molar-refractivity contribution in [1.29, 1.82) is 0 Å². The minimum Gasteiger partial charge on any atom is -0.395 e. The molecule has 0 fully saturated rings. The Morgan fingerprint density at radius 1 is 1.36 bits per heavy atom. The molecule has 1 aromatic carbocycles. The highest BCUT2D eigenvalue weighted by molar-refractivity contribution is 6.30. The zero-order valence-electron chi connectivity index (χ0n) is 7.94. The Bertz CT molecular complexity index is 327. The Hall–Kier alpha value is -0.670. The molecular weight excluding hydrogens is 210 g/mol. The Labute approximate surface area is 86.3 Å². The molecular formula is C10H11ClF2O. The van der Waals surface area contributed by atoms with Crippen LogP contribution in [0.15, 0.2) is 12.1 Å². The van der Waals surface area contributed by atoms with Gasteiger partial charge in [0.05, 0.1) is 11.6 Å². The van der Waals surface area contributed by atoms with E-state index in [9.17, 15) is 8.78 Å². The van der Waals surface area contributed by atoms with Crippen molar-refractivity contribution in [2.24, 2.45) is 0 Å². The standard InChI is InChI=1S/C10H11ClF2O/c1-10(2,5-14)6-3-7(11)9(13)8(12)4-6/h3-4,14H,5H2,1-2H3. The summed E-state index contributed by atoms with van der Waals surface area (Å²) in [5.41, 5.74) is -0.151. The number of hydrogen-bond donors (Lipinski definition) is 1. The van der Waals surface area contributed by atoms with Gasteiger partial charge in [0.25, 0.3) is 0 Å². The van der Waals surface area contributed by atoms with Crippen molar-refractivity contribution < 1.29 is 13.9 Å². The summed E-state index contributed by atoms with van der Waals surface area (Å²) in [6.07, 6.45) is 0. The van der Waals surface area contributed by atoms with E-state index in [-0.39, 0.29) is 11.6 Å². The molecule has 1 rings (SSSR count). The first-order valence-corrected chi connectivity index (χ1v) is 4.52. The maximum Gasteiger partial charge on any atom is 0.177 e. The van der Waals surface area contributed by atoms with Gasteiger partial charge in [0.2, 0.25) is 0 Å². The van der Waals surface area contributed by atoms with Gasteiger partial charge in [0.1, 0.15) is 0 Å². The molecule has 0 saturated carbocycles. The number of aliphatic hydroxyl groups is 1. The molecule has 14 heavy (non-hydrogen) atoms. The molecule has 0 heterocycles. The van der Waals surface area contributed by atoms with E-state index in [1.165, 1.54) is 6.07 Å². The fraction of sp³-hybridized carbons (Fsp3) is 0.400. The Kier molecular flexibility index (Phi) is 3.12. The lowest BCUT2D eigenvalue weighted by atomic mass is 9.85. The highest BCUT2D eigenvalue weighted by Crippen LogP contribution is 2.28. The summed E-state index contributed by atoms with van der Waals surface area (Å²) in [5.74, 6) is -2.04. The summed E-state index contributed by atoms with van der Waals surface area (Å²) < 4.78 is 25.8. The van der Waals surface area contributed by atoms with Crippen LogP contribution in [-0.2, 0) is 5.41 Å². The van der Waals surface area contributed by atoms with Gasteiger partial charge < -0.3 is 5.11 Å². The van der Waals surface area contributed by atoms with Crippen LogP contribution in [-0.4, -0.2) is 11.7 Å². The van der Waals surface area contributed by atoms with E-state index in [2.05, 4.69) is 0 Å². The Morgan fingerprint density at radius 2 is 1.93 bits per heavy atom. The fourth-order valence-corrected chi connectivity index (χ4v) is 1.25. The summed E-state index contributed by atoms with van der Waals surface area (Å²) in [7, 11) is 0. The molecule has 0 amide bonds. The topological polar surface area (TPSA) is 20.2 Å². The van der Waals surface area contributed by atoms with Gasteiger partial charge in [0, 0.05) is 5.41 Å². The zero-order chi connectivity index (χ0) is 10.9. The number of halogens is 3. The fourth-order valence-electron chi connectivity index (χ4n) is 1.04. The van der Waals surface area contributed by atoms with E-state index in [1.54, 1.807) is 13.8 Å². The summed E-state index contributed by atoms with van der Waals surface area (Å²) >= 11 is 5.49. The van der Waals surface area contributed by atoms with Crippen molar-refractivity contribution in [3.05, 3.63) is 34.4 Å². The lowest BCUT2D eigenvalue weighted by molar-refractivity contribution is 0.218. The summed E-state index contributed by atoms with van der Waals surface area (Å²) in [5, 5.41) is 8.78. The molecule has 1 nitrogen and oxygen atoms in total. The molecule has 0 radical (unpaired) electrons. The van der Waals surface area contributed by atoms with Gasteiger partial charge in [-0.15, -0.1) is 0 Å². The van der Waals surface area contributed by atoms with Crippen LogP contribution in [0, 0.1) is 11.6 Å².